The summed E-state index contributed by atoms with van der Waals surface area (Å²) in [6.45, 7) is 0.0508. The van der Waals surface area contributed by atoms with Gasteiger partial charge in [-0.1, -0.05) is 43.2 Å². The number of rotatable bonds is 10. The Morgan fingerprint density at radius 1 is 1.00 bits per heavy atom. The smallest absolute Gasteiger partial charge is 0.372 e. The Morgan fingerprint density at radius 3 is 2.39 bits per heavy atom. The lowest BCUT2D eigenvalue weighted by atomic mass is 9.99. The second kappa shape index (κ2) is 11.2. The predicted molar refractivity (Wildman–Crippen MR) is 126 cm³/mol. The van der Waals surface area contributed by atoms with E-state index in [1.165, 1.54) is 0 Å². The molecule has 0 aromatic heterocycles. The molecule has 1 aliphatic rings. The Kier molecular flexibility index (Phi) is 8.07. The summed E-state index contributed by atoms with van der Waals surface area (Å²) in [5.41, 5.74) is 3.73. The highest BCUT2D eigenvalue weighted by Gasteiger charge is 2.23. The molecule has 0 bridgehead atoms. The molecule has 0 unspecified atom stereocenters. The maximum atomic E-state index is 12.4. The third-order valence-corrected chi connectivity index (χ3v) is 5.49. The monoisotopic (exact) mass is 449 g/mol. The van der Waals surface area contributed by atoms with E-state index in [-0.39, 0.29) is 24.8 Å². The number of nitrogens with one attached hydrogen (secondary N) is 1. The van der Waals surface area contributed by atoms with E-state index in [2.05, 4.69) is 10.3 Å². The van der Waals surface area contributed by atoms with Crippen LogP contribution in [0.2, 0.25) is 0 Å². The molecular weight excluding hydrogens is 422 g/mol. The normalized spacial score (nSPS) is 13.1. The van der Waals surface area contributed by atoms with Gasteiger partial charge < -0.3 is 15.3 Å². The van der Waals surface area contributed by atoms with Crippen molar-refractivity contribution in [2.24, 2.45) is 4.99 Å². The van der Waals surface area contributed by atoms with E-state index in [9.17, 15) is 19.2 Å². The van der Waals surface area contributed by atoms with Crippen LogP contribution in [0, 0.1) is 0 Å². The Hall–Kier alpha value is -3.81. The predicted octanol–water partition coefficient (Wildman–Crippen LogP) is 3.43. The number of unbranched alkanes of at least 4 members (excludes halogenated alkanes) is 3. The van der Waals surface area contributed by atoms with E-state index in [1.807, 2.05) is 42.5 Å². The van der Waals surface area contributed by atoms with Crippen LogP contribution in [0.1, 0.15) is 49.7 Å². The number of carboxylic acid groups (broad SMARTS) is 1. The van der Waals surface area contributed by atoms with Gasteiger partial charge in [0.1, 0.15) is 6.54 Å². The van der Waals surface area contributed by atoms with Gasteiger partial charge in [0.2, 0.25) is 17.6 Å². The molecule has 3 rings (SSSR count). The number of benzene rings is 2. The Balaban J connectivity index is 1.63. The first-order chi connectivity index (χ1) is 15.9. The molecule has 2 N–H and O–H groups in total. The molecule has 0 aliphatic carbocycles. The zero-order valence-corrected chi connectivity index (χ0v) is 18.5. The van der Waals surface area contributed by atoms with Gasteiger partial charge >= 0.3 is 5.97 Å². The van der Waals surface area contributed by atoms with E-state index >= 15 is 0 Å². The quantitative estimate of drug-likeness (QED) is 0.426. The van der Waals surface area contributed by atoms with Gasteiger partial charge in [-0.15, -0.1) is 0 Å². The zero-order valence-electron chi connectivity index (χ0n) is 18.5. The van der Waals surface area contributed by atoms with Crippen molar-refractivity contribution in [3.05, 3.63) is 59.7 Å². The summed E-state index contributed by atoms with van der Waals surface area (Å²) in [6.07, 6.45) is 2.93. The highest BCUT2D eigenvalue weighted by Crippen LogP contribution is 2.29. The van der Waals surface area contributed by atoms with Crippen molar-refractivity contribution in [3.63, 3.8) is 0 Å². The molecule has 0 saturated carbocycles. The SMILES string of the molecule is CN1C(=O)CN=C(c2ccccc2)c2cc(NC(=O)CCCCCCC(=O)C(=O)O)ccc21. The van der Waals surface area contributed by atoms with Crippen molar-refractivity contribution in [1.82, 2.24) is 0 Å². The van der Waals surface area contributed by atoms with Gasteiger partial charge in [0.15, 0.2) is 0 Å². The fraction of sp³-hybridized carbons (Fsp3) is 0.320. The molecule has 33 heavy (non-hydrogen) atoms. The molecule has 2 aromatic carbocycles. The van der Waals surface area contributed by atoms with E-state index in [4.69, 9.17) is 5.11 Å². The number of amides is 2. The molecule has 0 atom stereocenters. The molecule has 0 saturated heterocycles. The second-order valence-electron chi connectivity index (χ2n) is 7.91. The number of benzodiazepines with no additional fused rings is 1. The first-order valence-corrected chi connectivity index (χ1v) is 10.9. The van der Waals surface area contributed by atoms with Gasteiger partial charge in [-0.05, 0) is 31.0 Å². The van der Waals surface area contributed by atoms with E-state index in [0.29, 0.717) is 37.1 Å². The van der Waals surface area contributed by atoms with Crippen LogP contribution in [0.25, 0.3) is 0 Å². The molecule has 0 radical (unpaired) electrons. The molecule has 1 aliphatic heterocycles. The van der Waals surface area contributed by atoms with Crippen molar-refractivity contribution in [2.45, 2.75) is 38.5 Å². The fourth-order valence-corrected chi connectivity index (χ4v) is 3.67. The van der Waals surface area contributed by atoms with Crippen molar-refractivity contribution >= 4 is 40.7 Å². The maximum absolute atomic E-state index is 12.4. The highest BCUT2D eigenvalue weighted by molar-refractivity contribution is 6.32. The minimum Gasteiger partial charge on any atom is -0.476 e. The molecule has 172 valence electrons. The number of ketones is 1. The number of carbonyl (C=O) groups is 4. The lowest BCUT2D eigenvalue weighted by molar-refractivity contribution is -0.149. The van der Waals surface area contributed by atoms with Gasteiger partial charge in [0.25, 0.3) is 0 Å². The lowest BCUT2D eigenvalue weighted by Gasteiger charge is -2.19. The van der Waals surface area contributed by atoms with Gasteiger partial charge in [0, 0.05) is 36.7 Å². The fourth-order valence-electron chi connectivity index (χ4n) is 3.67. The van der Waals surface area contributed by atoms with Crippen LogP contribution in [0.3, 0.4) is 0 Å². The van der Waals surface area contributed by atoms with Crippen molar-refractivity contribution < 1.29 is 24.3 Å². The number of likely N-dealkylation sites (N-methyl/N-ethyl adjacent to an activating group) is 1. The molecule has 8 heteroatoms. The third-order valence-electron chi connectivity index (χ3n) is 5.49. The number of carboxylic acids is 1. The van der Waals surface area contributed by atoms with Gasteiger partial charge in [0.05, 0.1) is 11.4 Å². The average Bonchev–Trinajstić information content (AvgIpc) is 2.92. The van der Waals surface area contributed by atoms with Crippen LogP contribution in [0.15, 0.2) is 53.5 Å². The summed E-state index contributed by atoms with van der Waals surface area (Å²) in [4.78, 5) is 52.5. The molecule has 8 nitrogen and oxygen atoms in total. The number of anilines is 2. The summed E-state index contributed by atoms with van der Waals surface area (Å²) in [7, 11) is 1.72. The first kappa shape index (κ1) is 23.8. The summed E-state index contributed by atoms with van der Waals surface area (Å²) in [5.74, 6) is -2.41. The van der Waals surface area contributed by atoms with Crippen LogP contribution in [-0.4, -0.2) is 48.0 Å². The Labute approximate surface area is 192 Å². The van der Waals surface area contributed by atoms with Gasteiger partial charge in [-0.2, -0.15) is 0 Å². The number of aliphatic imine (C=N–C) groups is 1. The number of Topliss-reactive ketones (excluding diaryl/α,β-unsaturated/α-hetero) is 1. The number of fused-ring (bicyclic) bond motifs is 1. The number of aliphatic carboxylic acids is 1. The highest BCUT2D eigenvalue weighted by atomic mass is 16.4. The molecular formula is C25H27N3O5. The van der Waals surface area contributed by atoms with Crippen LogP contribution in [-0.2, 0) is 19.2 Å². The third kappa shape index (κ3) is 6.35. The van der Waals surface area contributed by atoms with Crippen molar-refractivity contribution in [3.8, 4) is 0 Å². The summed E-state index contributed by atoms with van der Waals surface area (Å²) in [6, 6.07) is 15.0. The number of nitrogens with zero attached hydrogens (tertiary/aromatic N) is 2. The topological polar surface area (TPSA) is 116 Å². The summed E-state index contributed by atoms with van der Waals surface area (Å²) < 4.78 is 0. The molecule has 2 amide bonds. The van der Waals surface area contributed by atoms with Gasteiger partial charge in [-0.25, -0.2) is 4.79 Å². The standard InChI is InChI=1S/C25H27N3O5/c1-28-20-14-13-18(27-22(30)12-8-3-2-7-11-21(29)25(32)33)15-19(20)24(26-16-23(28)31)17-9-5-4-6-10-17/h4-6,9-10,13-15H,2-3,7-8,11-12,16H2,1H3,(H,27,30)(H,32,33). The van der Waals surface area contributed by atoms with E-state index in [0.717, 1.165) is 23.2 Å². The van der Waals surface area contributed by atoms with Gasteiger partial charge in [-0.3, -0.25) is 19.4 Å². The molecule has 0 fully saturated rings. The minimum absolute atomic E-state index is 0.0267. The number of hydrogen-bond acceptors (Lipinski definition) is 5. The Bertz CT molecular complexity index is 1080. The molecule has 0 spiro atoms. The summed E-state index contributed by atoms with van der Waals surface area (Å²) in [5, 5.41) is 11.5. The molecule has 2 aromatic rings. The zero-order chi connectivity index (χ0) is 23.8. The van der Waals surface area contributed by atoms with Crippen molar-refractivity contribution in [1.29, 1.82) is 0 Å². The number of hydrogen-bond donors (Lipinski definition) is 2. The number of carbonyl (C=O) groups excluding carboxylic acids is 3. The van der Waals surface area contributed by atoms with Crippen LogP contribution >= 0.6 is 0 Å². The Morgan fingerprint density at radius 2 is 1.70 bits per heavy atom. The maximum Gasteiger partial charge on any atom is 0.372 e. The average molecular weight is 450 g/mol. The lowest BCUT2D eigenvalue weighted by Crippen LogP contribution is -2.27. The first-order valence-electron chi connectivity index (χ1n) is 10.9. The van der Waals surface area contributed by atoms with E-state index < -0.39 is 11.8 Å². The molecule has 1 heterocycles. The largest absolute Gasteiger partial charge is 0.476 e. The minimum atomic E-state index is -1.40. The summed E-state index contributed by atoms with van der Waals surface area (Å²) >= 11 is 0. The van der Waals surface area contributed by atoms with Crippen LogP contribution in [0.5, 0.6) is 0 Å². The van der Waals surface area contributed by atoms with E-state index in [1.54, 1.807) is 18.0 Å². The van der Waals surface area contributed by atoms with Crippen LogP contribution < -0.4 is 10.2 Å². The second-order valence-corrected chi connectivity index (χ2v) is 7.91. The van der Waals surface area contributed by atoms with Crippen molar-refractivity contribution in [2.75, 3.05) is 23.8 Å². The van der Waals surface area contributed by atoms with Crippen LogP contribution in [0.4, 0.5) is 11.4 Å².